The summed E-state index contributed by atoms with van der Waals surface area (Å²) in [5.41, 5.74) is 0. The number of amides is 1. The van der Waals surface area contributed by atoms with Crippen molar-refractivity contribution in [3.05, 3.63) is 21.3 Å². The molecule has 17 heavy (non-hydrogen) atoms. The Hall–Kier alpha value is -0.590. The number of hydrogen-bond donors (Lipinski definition) is 1. The Morgan fingerprint density at radius 2 is 2.24 bits per heavy atom. The molecule has 0 aliphatic carbocycles. The van der Waals surface area contributed by atoms with Gasteiger partial charge in [0.1, 0.15) is 0 Å². The smallest absolute Gasteiger partial charge is 0.261 e. The third kappa shape index (κ3) is 3.43. The van der Waals surface area contributed by atoms with Crippen LogP contribution in [0.4, 0.5) is 0 Å². The van der Waals surface area contributed by atoms with E-state index in [0.29, 0.717) is 22.1 Å². The highest BCUT2D eigenvalue weighted by molar-refractivity contribution is 7.91. The van der Waals surface area contributed by atoms with E-state index in [9.17, 15) is 13.2 Å². The Balaban J connectivity index is 1.99. The van der Waals surface area contributed by atoms with Gasteiger partial charge in [-0.15, -0.1) is 11.3 Å². The van der Waals surface area contributed by atoms with Gasteiger partial charge in [0, 0.05) is 6.04 Å². The van der Waals surface area contributed by atoms with Crippen LogP contribution in [0.2, 0.25) is 4.34 Å². The summed E-state index contributed by atoms with van der Waals surface area (Å²) in [4.78, 5) is 12.3. The van der Waals surface area contributed by atoms with Gasteiger partial charge >= 0.3 is 0 Å². The number of carbonyl (C=O) groups is 1. The number of rotatable bonds is 2. The van der Waals surface area contributed by atoms with Crippen LogP contribution in [0.3, 0.4) is 0 Å². The molecule has 7 heteroatoms. The molecule has 1 amide bonds. The lowest BCUT2D eigenvalue weighted by Gasteiger charge is -2.22. The zero-order valence-electron chi connectivity index (χ0n) is 8.98. The molecule has 1 unspecified atom stereocenters. The van der Waals surface area contributed by atoms with Gasteiger partial charge in [0.15, 0.2) is 9.84 Å². The second-order valence-electron chi connectivity index (χ2n) is 4.03. The first-order chi connectivity index (χ1) is 7.96. The van der Waals surface area contributed by atoms with E-state index in [-0.39, 0.29) is 23.5 Å². The molecule has 1 atom stereocenters. The molecular weight excluding hydrogens is 282 g/mol. The first kappa shape index (κ1) is 12.9. The summed E-state index contributed by atoms with van der Waals surface area (Å²) in [5.74, 6) is 0.0196. The Morgan fingerprint density at radius 1 is 1.47 bits per heavy atom. The number of halogens is 1. The van der Waals surface area contributed by atoms with Crippen molar-refractivity contribution in [1.29, 1.82) is 0 Å². The largest absolute Gasteiger partial charge is 0.348 e. The van der Waals surface area contributed by atoms with Gasteiger partial charge < -0.3 is 5.32 Å². The fourth-order valence-corrected chi connectivity index (χ4v) is 4.41. The highest BCUT2D eigenvalue weighted by atomic mass is 35.5. The number of nitrogens with one attached hydrogen (secondary N) is 1. The van der Waals surface area contributed by atoms with Crippen molar-refractivity contribution in [2.24, 2.45) is 0 Å². The lowest BCUT2D eigenvalue weighted by atomic mass is 10.2. The van der Waals surface area contributed by atoms with Gasteiger partial charge in [-0.25, -0.2) is 8.42 Å². The quantitative estimate of drug-likeness (QED) is 0.903. The third-order valence-corrected chi connectivity index (χ3v) is 5.65. The molecule has 1 N–H and O–H groups in total. The predicted molar refractivity (Wildman–Crippen MR) is 68.5 cm³/mol. The fraction of sp³-hybridized carbons (Fsp3) is 0.500. The summed E-state index contributed by atoms with van der Waals surface area (Å²) < 4.78 is 23.4. The van der Waals surface area contributed by atoms with Crippen molar-refractivity contribution in [3.63, 3.8) is 0 Å². The minimum Gasteiger partial charge on any atom is -0.348 e. The van der Waals surface area contributed by atoms with Crippen molar-refractivity contribution in [2.75, 3.05) is 11.5 Å². The number of carbonyl (C=O) groups excluding carboxylic acids is 1. The lowest BCUT2D eigenvalue weighted by Crippen LogP contribution is -2.42. The van der Waals surface area contributed by atoms with E-state index >= 15 is 0 Å². The van der Waals surface area contributed by atoms with E-state index in [1.165, 1.54) is 11.3 Å². The number of sulfone groups is 1. The standard InChI is InChI=1S/C10H12ClNO3S2/c11-9-4-3-8(16-9)10(13)12-7-2-1-5-17(14,15)6-7/h3-4,7H,1-2,5-6H2,(H,12,13). The van der Waals surface area contributed by atoms with E-state index in [1.54, 1.807) is 12.1 Å². The van der Waals surface area contributed by atoms with Crippen LogP contribution in [0.1, 0.15) is 22.5 Å². The van der Waals surface area contributed by atoms with Crippen molar-refractivity contribution >= 4 is 38.7 Å². The van der Waals surface area contributed by atoms with E-state index in [4.69, 9.17) is 11.6 Å². The molecule has 2 rings (SSSR count). The Kier molecular flexibility index (Phi) is 3.75. The van der Waals surface area contributed by atoms with Crippen LogP contribution < -0.4 is 5.32 Å². The van der Waals surface area contributed by atoms with Gasteiger partial charge in [-0.2, -0.15) is 0 Å². The Bertz CT molecular complexity index is 523. The van der Waals surface area contributed by atoms with Crippen LogP contribution in [0.5, 0.6) is 0 Å². The molecule has 0 radical (unpaired) electrons. The molecule has 1 aromatic heterocycles. The minimum atomic E-state index is -2.99. The predicted octanol–water partition coefficient (Wildman–Crippen LogP) is 1.71. The third-order valence-electron chi connectivity index (χ3n) is 2.60. The minimum absolute atomic E-state index is 0.0395. The number of hydrogen-bond acceptors (Lipinski definition) is 4. The molecule has 2 heterocycles. The van der Waals surface area contributed by atoms with Crippen LogP contribution in [-0.4, -0.2) is 31.9 Å². The first-order valence-electron chi connectivity index (χ1n) is 5.23. The topological polar surface area (TPSA) is 63.2 Å². The summed E-state index contributed by atoms with van der Waals surface area (Å²) in [6, 6.07) is 3.01. The van der Waals surface area contributed by atoms with Crippen LogP contribution in [0, 0.1) is 0 Å². The zero-order valence-corrected chi connectivity index (χ0v) is 11.4. The second kappa shape index (κ2) is 4.96. The highest BCUT2D eigenvalue weighted by Crippen LogP contribution is 2.21. The van der Waals surface area contributed by atoms with Crippen molar-refractivity contribution in [2.45, 2.75) is 18.9 Å². The van der Waals surface area contributed by atoms with Crippen molar-refractivity contribution < 1.29 is 13.2 Å². The summed E-state index contributed by atoms with van der Waals surface area (Å²) in [5, 5.41) is 2.74. The highest BCUT2D eigenvalue weighted by Gasteiger charge is 2.26. The van der Waals surface area contributed by atoms with Crippen molar-refractivity contribution in [3.8, 4) is 0 Å². The molecule has 1 saturated heterocycles. The van der Waals surface area contributed by atoms with Gasteiger partial charge in [0.2, 0.25) is 0 Å². The maximum absolute atomic E-state index is 11.8. The molecule has 0 spiro atoms. The average Bonchev–Trinajstić information content (AvgIpc) is 2.63. The molecule has 1 fully saturated rings. The van der Waals surface area contributed by atoms with Crippen LogP contribution in [0.25, 0.3) is 0 Å². The molecule has 1 aliphatic rings. The Labute approximate surface area is 109 Å². The van der Waals surface area contributed by atoms with E-state index in [2.05, 4.69) is 5.32 Å². The Morgan fingerprint density at radius 3 is 2.82 bits per heavy atom. The maximum Gasteiger partial charge on any atom is 0.261 e. The zero-order chi connectivity index (χ0) is 12.5. The van der Waals surface area contributed by atoms with Gasteiger partial charge in [-0.05, 0) is 25.0 Å². The summed E-state index contributed by atoms with van der Waals surface area (Å²) in [7, 11) is -2.99. The average molecular weight is 294 g/mol. The summed E-state index contributed by atoms with van der Waals surface area (Å²) in [6.07, 6.45) is 1.32. The molecule has 1 aromatic rings. The van der Waals surface area contributed by atoms with E-state index in [1.807, 2.05) is 0 Å². The monoisotopic (exact) mass is 293 g/mol. The normalized spacial score (nSPS) is 23.2. The molecule has 0 saturated carbocycles. The molecular formula is C10H12ClNO3S2. The molecule has 1 aliphatic heterocycles. The maximum atomic E-state index is 11.8. The van der Waals surface area contributed by atoms with Crippen LogP contribution >= 0.6 is 22.9 Å². The second-order valence-corrected chi connectivity index (χ2v) is 7.97. The van der Waals surface area contributed by atoms with E-state index < -0.39 is 9.84 Å². The SMILES string of the molecule is O=C(NC1CCCS(=O)(=O)C1)c1ccc(Cl)s1. The van der Waals surface area contributed by atoms with Crippen LogP contribution in [-0.2, 0) is 9.84 Å². The van der Waals surface area contributed by atoms with E-state index in [0.717, 1.165) is 0 Å². The summed E-state index contributed by atoms with van der Waals surface area (Å²) in [6.45, 7) is 0. The molecule has 0 aromatic carbocycles. The fourth-order valence-electron chi connectivity index (χ4n) is 1.83. The molecule has 94 valence electrons. The van der Waals surface area contributed by atoms with Gasteiger partial charge in [0.05, 0.1) is 20.7 Å². The van der Waals surface area contributed by atoms with Crippen molar-refractivity contribution in [1.82, 2.24) is 5.32 Å². The first-order valence-corrected chi connectivity index (χ1v) is 8.24. The van der Waals surface area contributed by atoms with Gasteiger partial charge in [0.25, 0.3) is 5.91 Å². The molecule has 4 nitrogen and oxygen atoms in total. The van der Waals surface area contributed by atoms with Crippen LogP contribution in [0.15, 0.2) is 12.1 Å². The molecule has 0 bridgehead atoms. The van der Waals surface area contributed by atoms with Gasteiger partial charge in [-0.1, -0.05) is 11.6 Å². The van der Waals surface area contributed by atoms with Gasteiger partial charge in [-0.3, -0.25) is 4.79 Å². The summed E-state index contributed by atoms with van der Waals surface area (Å²) >= 11 is 6.92. The number of thiophene rings is 1. The lowest BCUT2D eigenvalue weighted by molar-refractivity contribution is 0.0942.